The van der Waals surface area contributed by atoms with Crippen LogP contribution in [0.1, 0.15) is 25.2 Å². The molecule has 2 aromatic heterocycles. The molecule has 0 bridgehead atoms. The van der Waals surface area contributed by atoms with Crippen LogP contribution in [0.4, 0.5) is 0 Å². The number of hydrogen-bond donors (Lipinski definition) is 0. The maximum absolute atomic E-state index is 11.5. The molecule has 0 saturated heterocycles. The first-order valence-corrected chi connectivity index (χ1v) is 6.29. The van der Waals surface area contributed by atoms with Gasteiger partial charge in [0.15, 0.2) is 4.96 Å². The molecule has 0 N–H and O–H groups in total. The standard InChI is InChI=1S/C12H14N2O2S/c1-4-16-11(15)8(2)7-10-9(3)13-12-14(10)5-6-17-12/h5-7H,4H2,1-3H3/b8-7+. The summed E-state index contributed by atoms with van der Waals surface area (Å²) in [5.74, 6) is -0.280. The number of aromatic nitrogens is 2. The highest BCUT2D eigenvalue weighted by Crippen LogP contribution is 2.19. The number of aryl methyl sites for hydroxylation is 1. The number of carbonyl (C=O) groups is 1. The van der Waals surface area contributed by atoms with Gasteiger partial charge >= 0.3 is 5.97 Å². The zero-order valence-electron chi connectivity index (χ0n) is 10.1. The van der Waals surface area contributed by atoms with E-state index >= 15 is 0 Å². The highest BCUT2D eigenvalue weighted by atomic mass is 32.1. The predicted octanol–water partition coefficient (Wildman–Crippen LogP) is 2.67. The number of imidazole rings is 1. The van der Waals surface area contributed by atoms with Gasteiger partial charge in [-0.2, -0.15) is 0 Å². The molecule has 0 aliphatic rings. The van der Waals surface area contributed by atoms with Crippen molar-refractivity contribution in [1.82, 2.24) is 9.38 Å². The number of esters is 1. The van der Waals surface area contributed by atoms with Crippen LogP contribution in [0.5, 0.6) is 0 Å². The van der Waals surface area contributed by atoms with Gasteiger partial charge < -0.3 is 4.74 Å². The number of carbonyl (C=O) groups excluding carboxylic acids is 1. The highest BCUT2D eigenvalue weighted by molar-refractivity contribution is 7.15. The van der Waals surface area contributed by atoms with Crippen LogP contribution in [0.15, 0.2) is 17.2 Å². The van der Waals surface area contributed by atoms with Crippen LogP contribution in [0.25, 0.3) is 11.0 Å². The quantitative estimate of drug-likeness (QED) is 0.621. The molecule has 0 unspecified atom stereocenters. The molecule has 90 valence electrons. The van der Waals surface area contributed by atoms with Gasteiger partial charge in [0.05, 0.1) is 18.0 Å². The van der Waals surface area contributed by atoms with E-state index in [9.17, 15) is 4.79 Å². The van der Waals surface area contributed by atoms with Crippen molar-refractivity contribution in [3.63, 3.8) is 0 Å². The molecule has 0 spiro atoms. The summed E-state index contributed by atoms with van der Waals surface area (Å²) >= 11 is 1.57. The summed E-state index contributed by atoms with van der Waals surface area (Å²) in [5, 5.41) is 1.97. The summed E-state index contributed by atoms with van der Waals surface area (Å²) in [4.78, 5) is 16.9. The van der Waals surface area contributed by atoms with Crippen LogP contribution in [0, 0.1) is 6.92 Å². The Labute approximate surface area is 104 Å². The van der Waals surface area contributed by atoms with Crippen molar-refractivity contribution in [2.24, 2.45) is 0 Å². The fourth-order valence-corrected chi connectivity index (χ4v) is 2.36. The molecule has 5 heteroatoms. The smallest absolute Gasteiger partial charge is 0.333 e. The Morgan fingerprint density at radius 3 is 3.12 bits per heavy atom. The molecule has 0 radical (unpaired) electrons. The van der Waals surface area contributed by atoms with E-state index in [0.29, 0.717) is 12.2 Å². The largest absolute Gasteiger partial charge is 0.463 e. The second kappa shape index (κ2) is 4.71. The third-order valence-corrected chi connectivity index (χ3v) is 3.19. The normalized spacial score (nSPS) is 12.1. The number of hydrogen-bond acceptors (Lipinski definition) is 4. The average molecular weight is 250 g/mol. The first-order chi connectivity index (χ1) is 8.13. The minimum absolute atomic E-state index is 0.280. The lowest BCUT2D eigenvalue weighted by atomic mass is 10.2. The molecular weight excluding hydrogens is 236 g/mol. The Balaban J connectivity index is 2.39. The third-order valence-electron chi connectivity index (χ3n) is 2.43. The number of nitrogens with zero attached hydrogens (tertiary/aromatic N) is 2. The van der Waals surface area contributed by atoms with E-state index in [1.165, 1.54) is 0 Å². The van der Waals surface area contributed by atoms with Crippen LogP contribution in [0.3, 0.4) is 0 Å². The second-order valence-electron chi connectivity index (χ2n) is 3.69. The molecule has 0 fully saturated rings. The van der Waals surface area contributed by atoms with E-state index in [0.717, 1.165) is 16.3 Å². The predicted molar refractivity (Wildman–Crippen MR) is 68.1 cm³/mol. The third kappa shape index (κ3) is 2.24. The first kappa shape index (κ1) is 11.9. The van der Waals surface area contributed by atoms with Crippen LogP contribution >= 0.6 is 11.3 Å². The van der Waals surface area contributed by atoms with E-state index < -0.39 is 0 Å². The van der Waals surface area contributed by atoms with Gasteiger partial charge in [-0.3, -0.25) is 4.40 Å². The Kier molecular flexibility index (Phi) is 3.28. The molecular formula is C12H14N2O2S. The second-order valence-corrected chi connectivity index (χ2v) is 4.56. The van der Waals surface area contributed by atoms with Gasteiger partial charge in [0.2, 0.25) is 0 Å². The lowest BCUT2D eigenvalue weighted by Gasteiger charge is -2.01. The molecule has 0 aromatic carbocycles. The summed E-state index contributed by atoms with van der Waals surface area (Å²) in [6, 6.07) is 0. The van der Waals surface area contributed by atoms with E-state index in [-0.39, 0.29) is 5.97 Å². The van der Waals surface area contributed by atoms with Crippen molar-refractivity contribution in [3.05, 3.63) is 28.5 Å². The van der Waals surface area contributed by atoms with Gasteiger partial charge in [-0.05, 0) is 26.8 Å². The molecule has 2 rings (SSSR count). The molecule has 2 aromatic rings. The Morgan fingerprint density at radius 2 is 2.41 bits per heavy atom. The van der Waals surface area contributed by atoms with Crippen LogP contribution < -0.4 is 0 Å². The summed E-state index contributed by atoms with van der Waals surface area (Å²) in [6.45, 7) is 5.88. The van der Waals surface area contributed by atoms with Crippen molar-refractivity contribution in [1.29, 1.82) is 0 Å². The van der Waals surface area contributed by atoms with Crippen molar-refractivity contribution in [3.8, 4) is 0 Å². The number of rotatable bonds is 3. The maximum atomic E-state index is 11.5. The maximum Gasteiger partial charge on any atom is 0.333 e. The van der Waals surface area contributed by atoms with Gasteiger partial charge in [0.1, 0.15) is 0 Å². The minimum atomic E-state index is -0.280. The van der Waals surface area contributed by atoms with Crippen LogP contribution in [-0.2, 0) is 9.53 Å². The summed E-state index contributed by atoms with van der Waals surface area (Å²) in [5.41, 5.74) is 2.44. The van der Waals surface area contributed by atoms with Crippen molar-refractivity contribution >= 4 is 28.3 Å². The molecule has 4 nitrogen and oxygen atoms in total. The highest BCUT2D eigenvalue weighted by Gasteiger charge is 2.10. The lowest BCUT2D eigenvalue weighted by molar-refractivity contribution is -0.138. The number of thiazole rings is 1. The zero-order chi connectivity index (χ0) is 12.4. The van der Waals surface area contributed by atoms with E-state index in [1.807, 2.05) is 29.0 Å². The van der Waals surface area contributed by atoms with Crippen molar-refractivity contribution < 1.29 is 9.53 Å². The zero-order valence-corrected chi connectivity index (χ0v) is 10.9. The summed E-state index contributed by atoms with van der Waals surface area (Å²) in [7, 11) is 0. The van der Waals surface area contributed by atoms with Crippen molar-refractivity contribution in [2.45, 2.75) is 20.8 Å². The molecule has 0 amide bonds. The fourth-order valence-electron chi connectivity index (χ4n) is 1.59. The molecule has 0 aliphatic carbocycles. The molecule has 0 saturated carbocycles. The number of fused-ring (bicyclic) bond motifs is 1. The Hall–Kier alpha value is -1.62. The number of ether oxygens (including phenoxy) is 1. The van der Waals surface area contributed by atoms with Crippen LogP contribution in [0.2, 0.25) is 0 Å². The first-order valence-electron chi connectivity index (χ1n) is 5.41. The van der Waals surface area contributed by atoms with Gasteiger partial charge in [0, 0.05) is 17.2 Å². The average Bonchev–Trinajstić information content (AvgIpc) is 2.82. The molecule has 0 atom stereocenters. The van der Waals surface area contributed by atoms with E-state index in [1.54, 1.807) is 25.2 Å². The van der Waals surface area contributed by atoms with Gasteiger partial charge in [-0.1, -0.05) is 0 Å². The fraction of sp³-hybridized carbons (Fsp3) is 0.333. The van der Waals surface area contributed by atoms with E-state index in [4.69, 9.17) is 4.74 Å². The van der Waals surface area contributed by atoms with Gasteiger partial charge in [-0.15, -0.1) is 11.3 Å². The monoisotopic (exact) mass is 250 g/mol. The molecule has 2 heterocycles. The SMILES string of the molecule is CCOC(=O)/C(C)=C/c1c(C)nc2sccn12. The molecule has 17 heavy (non-hydrogen) atoms. The minimum Gasteiger partial charge on any atom is -0.463 e. The molecule has 0 aliphatic heterocycles. The van der Waals surface area contributed by atoms with Crippen molar-refractivity contribution in [2.75, 3.05) is 6.61 Å². The van der Waals surface area contributed by atoms with Gasteiger partial charge in [0.25, 0.3) is 0 Å². The topological polar surface area (TPSA) is 43.6 Å². The Morgan fingerprint density at radius 1 is 1.65 bits per heavy atom. The summed E-state index contributed by atoms with van der Waals surface area (Å²) in [6.07, 6.45) is 3.77. The van der Waals surface area contributed by atoms with Crippen LogP contribution in [-0.4, -0.2) is 22.0 Å². The van der Waals surface area contributed by atoms with E-state index in [2.05, 4.69) is 4.98 Å². The lowest BCUT2D eigenvalue weighted by Crippen LogP contribution is -2.05. The van der Waals surface area contributed by atoms with Gasteiger partial charge in [-0.25, -0.2) is 9.78 Å². The summed E-state index contributed by atoms with van der Waals surface area (Å²) < 4.78 is 6.93. The Bertz CT molecular complexity index is 580.